The van der Waals surface area contributed by atoms with Crippen LogP contribution in [0.3, 0.4) is 0 Å². The van der Waals surface area contributed by atoms with Crippen LogP contribution >= 0.6 is 0 Å². The Kier molecular flexibility index (Phi) is 5.21. The van der Waals surface area contributed by atoms with E-state index >= 15 is 0 Å². The molecule has 2 aromatic rings. The Morgan fingerprint density at radius 3 is 2.21 bits per heavy atom. The van der Waals surface area contributed by atoms with E-state index in [1.165, 1.54) is 6.07 Å². The van der Waals surface area contributed by atoms with Crippen LogP contribution in [0.4, 0.5) is 0 Å². The van der Waals surface area contributed by atoms with Crippen LogP contribution in [-0.4, -0.2) is 21.5 Å². The van der Waals surface area contributed by atoms with Gasteiger partial charge in [0.1, 0.15) is 6.17 Å². The molecule has 2 aromatic carbocycles. The molecule has 0 radical (unpaired) electrons. The van der Waals surface area contributed by atoms with E-state index in [2.05, 4.69) is 27.2 Å². The molecular formula is C18H25N7O2S. The van der Waals surface area contributed by atoms with E-state index in [1.807, 2.05) is 30.3 Å². The molecule has 2 saturated heterocycles. The molecule has 0 saturated carbocycles. The van der Waals surface area contributed by atoms with Crippen LogP contribution in [0.25, 0.3) is 11.1 Å². The summed E-state index contributed by atoms with van der Waals surface area (Å²) in [6.45, 7) is 1.80. The SMILES string of the molecule is NC1(c2ccc(-c3cccc(S(N)(=O)=O)c3C3NNNN3)cc2)CCNCC1. The van der Waals surface area contributed by atoms with E-state index in [4.69, 9.17) is 10.9 Å². The third-order valence-electron chi connectivity index (χ3n) is 5.42. The van der Waals surface area contributed by atoms with Crippen molar-refractivity contribution in [2.75, 3.05) is 13.1 Å². The molecule has 2 fully saturated rings. The van der Waals surface area contributed by atoms with Gasteiger partial charge < -0.3 is 11.1 Å². The molecule has 0 amide bonds. The summed E-state index contributed by atoms with van der Waals surface area (Å²) in [6.07, 6.45) is 1.28. The summed E-state index contributed by atoms with van der Waals surface area (Å²) in [6, 6.07) is 13.1. The quantitative estimate of drug-likeness (QED) is 0.367. The Bertz CT molecular complexity index is 950. The summed E-state index contributed by atoms with van der Waals surface area (Å²) in [4.78, 5) is 0.0678. The first kappa shape index (κ1) is 19.4. The van der Waals surface area contributed by atoms with Gasteiger partial charge in [0, 0.05) is 11.1 Å². The van der Waals surface area contributed by atoms with Crippen LogP contribution in [0, 0.1) is 0 Å². The number of hydrazine groups is 3. The number of piperidine rings is 1. The zero-order valence-electron chi connectivity index (χ0n) is 15.3. The molecule has 2 aliphatic rings. The number of primary sulfonamides is 1. The van der Waals surface area contributed by atoms with Crippen LogP contribution in [0.1, 0.15) is 30.1 Å². The van der Waals surface area contributed by atoms with E-state index in [-0.39, 0.29) is 10.4 Å². The molecule has 0 aromatic heterocycles. The first-order chi connectivity index (χ1) is 13.4. The van der Waals surface area contributed by atoms with Gasteiger partial charge in [-0.1, -0.05) is 36.4 Å². The number of nitrogens with one attached hydrogen (secondary N) is 5. The molecule has 2 aliphatic heterocycles. The second-order valence-electron chi connectivity index (χ2n) is 7.22. The minimum atomic E-state index is -3.90. The summed E-state index contributed by atoms with van der Waals surface area (Å²) < 4.78 is 24.3. The monoisotopic (exact) mass is 403 g/mol. The van der Waals surface area contributed by atoms with Crippen LogP contribution in [0.2, 0.25) is 0 Å². The average Bonchev–Trinajstić information content (AvgIpc) is 3.22. The first-order valence-electron chi connectivity index (χ1n) is 9.16. The average molecular weight is 404 g/mol. The van der Waals surface area contributed by atoms with E-state index in [0.29, 0.717) is 5.56 Å². The largest absolute Gasteiger partial charge is 0.321 e. The molecule has 4 rings (SSSR count). The minimum Gasteiger partial charge on any atom is -0.321 e. The lowest BCUT2D eigenvalue weighted by molar-refractivity contribution is 0.317. The molecule has 9 nitrogen and oxygen atoms in total. The second kappa shape index (κ2) is 7.50. The van der Waals surface area contributed by atoms with Gasteiger partial charge in [-0.2, -0.15) is 11.1 Å². The van der Waals surface area contributed by atoms with Crippen molar-refractivity contribution in [2.45, 2.75) is 29.4 Å². The zero-order chi connectivity index (χ0) is 19.8. The number of sulfonamides is 1. The van der Waals surface area contributed by atoms with Crippen molar-refractivity contribution in [3.05, 3.63) is 53.6 Å². The van der Waals surface area contributed by atoms with E-state index in [9.17, 15) is 8.42 Å². The van der Waals surface area contributed by atoms with Crippen LogP contribution in [0.5, 0.6) is 0 Å². The van der Waals surface area contributed by atoms with Crippen LogP contribution in [-0.2, 0) is 15.6 Å². The van der Waals surface area contributed by atoms with Gasteiger partial charge in [-0.15, -0.1) is 0 Å². The highest BCUT2D eigenvalue weighted by Gasteiger charge is 2.30. The predicted molar refractivity (Wildman–Crippen MR) is 107 cm³/mol. The fourth-order valence-electron chi connectivity index (χ4n) is 3.88. The van der Waals surface area contributed by atoms with Crippen molar-refractivity contribution in [3.63, 3.8) is 0 Å². The minimum absolute atomic E-state index is 0.0678. The molecule has 0 atom stereocenters. The van der Waals surface area contributed by atoms with Crippen molar-refractivity contribution >= 4 is 10.0 Å². The van der Waals surface area contributed by atoms with Gasteiger partial charge in [0.2, 0.25) is 10.0 Å². The highest BCUT2D eigenvalue weighted by Crippen LogP contribution is 2.34. The maximum Gasteiger partial charge on any atom is 0.238 e. The number of rotatable bonds is 4. The third-order valence-corrected chi connectivity index (χ3v) is 6.39. The van der Waals surface area contributed by atoms with Gasteiger partial charge in [0.25, 0.3) is 0 Å². The van der Waals surface area contributed by atoms with Gasteiger partial charge in [-0.3, -0.25) is 0 Å². The number of benzene rings is 2. The van der Waals surface area contributed by atoms with Crippen molar-refractivity contribution in [1.29, 1.82) is 0 Å². The molecule has 0 aliphatic carbocycles. The molecular weight excluding hydrogens is 378 g/mol. The Hall–Kier alpha value is -1.89. The normalized spacial score (nSPS) is 20.4. The van der Waals surface area contributed by atoms with Gasteiger partial charge in [-0.05, 0) is 48.7 Å². The van der Waals surface area contributed by atoms with Crippen molar-refractivity contribution < 1.29 is 8.42 Å². The summed E-state index contributed by atoms with van der Waals surface area (Å²) in [5, 5.41) is 8.80. The van der Waals surface area contributed by atoms with Crippen LogP contribution in [0.15, 0.2) is 47.4 Å². The molecule has 10 heteroatoms. The topological polar surface area (TPSA) is 146 Å². The summed E-state index contributed by atoms with van der Waals surface area (Å²) in [5.74, 6) is 0. The fraction of sp³-hybridized carbons (Fsp3) is 0.333. The Morgan fingerprint density at radius 1 is 0.964 bits per heavy atom. The first-order valence-corrected chi connectivity index (χ1v) is 10.7. The smallest absolute Gasteiger partial charge is 0.238 e. The van der Waals surface area contributed by atoms with Crippen molar-refractivity contribution in [2.24, 2.45) is 10.9 Å². The molecule has 2 heterocycles. The highest BCUT2D eigenvalue weighted by molar-refractivity contribution is 7.89. The molecule has 9 N–H and O–H groups in total. The van der Waals surface area contributed by atoms with E-state index in [1.54, 1.807) is 6.07 Å². The molecule has 0 bridgehead atoms. The zero-order valence-corrected chi connectivity index (χ0v) is 16.1. The van der Waals surface area contributed by atoms with Gasteiger partial charge in [0.05, 0.1) is 4.90 Å². The predicted octanol–water partition coefficient (Wildman–Crippen LogP) is -0.346. The Labute approximate surface area is 164 Å². The standard InChI is InChI=1S/C18H25N7O2S/c19-18(8-10-21-11-9-18)13-6-4-12(5-7-13)14-2-1-3-15(28(20,26)27)16(14)17-22-24-25-23-17/h1-7,17,21-25H,8-11,19H2,(H2,20,26,27). The lowest BCUT2D eigenvalue weighted by atomic mass is 9.82. The maximum absolute atomic E-state index is 12.2. The molecule has 0 spiro atoms. The second-order valence-corrected chi connectivity index (χ2v) is 8.75. The lowest BCUT2D eigenvalue weighted by Crippen LogP contribution is -2.46. The van der Waals surface area contributed by atoms with Gasteiger partial charge in [-0.25, -0.2) is 24.4 Å². The van der Waals surface area contributed by atoms with Crippen molar-refractivity contribution in [1.82, 2.24) is 27.2 Å². The lowest BCUT2D eigenvalue weighted by Gasteiger charge is -2.34. The van der Waals surface area contributed by atoms with E-state index in [0.717, 1.165) is 42.6 Å². The molecule has 150 valence electrons. The van der Waals surface area contributed by atoms with E-state index < -0.39 is 16.2 Å². The Morgan fingerprint density at radius 2 is 1.61 bits per heavy atom. The van der Waals surface area contributed by atoms with Gasteiger partial charge in [0.15, 0.2) is 0 Å². The number of nitrogens with two attached hydrogens (primary N) is 2. The molecule has 0 unspecified atom stereocenters. The fourth-order valence-corrected chi connectivity index (χ4v) is 4.68. The highest BCUT2D eigenvalue weighted by atomic mass is 32.2. The summed E-state index contributed by atoms with van der Waals surface area (Å²) in [7, 11) is -3.90. The molecule has 28 heavy (non-hydrogen) atoms. The van der Waals surface area contributed by atoms with Crippen molar-refractivity contribution in [3.8, 4) is 11.1 Å². The Balaban J connectivity index is 1.76. The summed E-state index contributed by atoms with van der Waals surface area (Å²) in [5.41, 5.74) is 20.9. The number of hydrogen-bond donors (Lipinski definition) is 7. The number of hydrogen-bond acceptors (Lipinski definition) is 8. The van der Waals surface area contributed by atoms with Crippen LogP contribution < -0.4 is 38.1 Å². The third kappa shape index (κ3) is 3.69. The van der Waals surface area contributed by atoms with Gasteiger partial charge >= 0.3 is 0 Å². The summed E-state index contributed by atoms with van der Waals surface area (Å²) >= 11 is 0. The maximum atomic E-state index is 12.2.